The monoisotopic (exact) mass is 158 g/mol. The Hall–Kier alpha value is -0.0400. The molecule has 0 aromatic rings. The Labute approximate surface area is 70.8 Å². The van der Waals surface area contributed by atoms with Gasteiger partial charge in [-0.15, -0.1) is 0 Å². The van der Waals surface area contributed by atoms with Crippen molar-refractivity contribution in [2.24, 2.45) is 5.92 Å². The van der Waals surface area contributed by atoms with Crippen LogP contribution in [0.4, 0.5) is 0 Å². The first-order chi connectivity index (χ1) is 5.16. The van der Waals surface area contributed by atoms with Gasteiger partial charge in [-0.05, 0) is 19.3 Å². The Morgan fingerprint density at radius 3 is 2.27 bits per heavy atom. The van der Waals surface area contributed by atoms with Gasteiger partial charge in [0.1, 0.15) is 0 Å². The Morgan fingerprint density at radius 1 is 1.18 bits per heavy atom. The quantitative estimate of drug-likeness (QED) is 0.589. The molecule has 1 heteroatoms. The maximum atomic E-state index is 9.08. The highest BCUT2D eigenvalue weighted by Gasteiger charge is 2.04. The second kappa shape index (κ2) is 6.66. The van der Waals surface area contributed by atoms with Gasteiger partial charge >= 0.3 is 0 Å². The summed E-state index contributed by atoms with van der Waals surface area (Å²) in [6.07, 6.45) is 6.07. The van der Waals surface area contributed by atoms with Gasteiger partial charge in [0, 0.05) is 0 Å². The first-order valence-corrected chi connectivity index (χ1v) is 4.84. The van der Waals surface area contributed by atoms with E-state index in [1.54, 1.807) is 0 Å². The number of aliphatic hydroxyl groups excluding tert-OH is 1. The van der Waals surface area contributed by atoms with Gasteiger partial charge in [0.25, 0.3) is 0 Å². The van der Waals surface area contributed by atoms with Crippen molar-refractivity contribution >= 4 is 0 Å². The van der Waals surface area contributed by atoms with E-state index in [0.29, 0.717) is 5.92 Å². The van der Waals surface area contributed by atoms with Crippen molar-refractivity contribution < 1.29 is 5.11 Å². The first kappa shape index (κ1) is 11.0. The highest BCUT2D eigenvalue weighted by molar-refractivity contribution is 4.57. The average molecular weight is 158 g/mol. The van der Waals surface area contributed by atoms with Gasteiger partial charge in [0.05, 0.1) is 6.10 Å². The lowest BCUT2D eigenvalue weighted by Gasteiger charge is -2.12. The second-order valence-electron chi connectivity index (χ2n) is 3.69. The van der Waals surface area contributed by atoms with E-state index in [1.165, 1.54) is 25.7 Å². The van der Waals surface area contributed by atoms with Crippen LogP contribution in [0.1, 0.15) is 52.9 Å². The SMILES string of the molecule is CCCCCC(C)CC(C)O. The Morgan fingerprint density at radius 2 is 1.82 bits per heavy atom. The van der Waals surface area contributed by atoms with Crippen molar-refractivity contribution in [2.45, 2.75) is 59.0 Å². The molecule has 0 bridgehead atoms. The lowest BCUT2D eigenvalue weighted by atomic mass is 9.98. The third-order valence-corrected chi connectivity index (χ3v) is 2.04. The Kier molecular flexibility index (Phi) is 6.63. The molecule has 1 nitrogen and oxygen atoms in total. The fraction of sp³-hybridized carbons (Fsp3) is 1.00. The van der Waals surface area contributed by atoms with Crippen molar-refractivity contribution in [1.29, 1.82) is 0 Å². The summed E-state index contributed by atoms with van der Waals surface area (Å²) in [7, 11) is 0. The zero-order valence-corrected chi connectivity index (χ0v) is 8.14. The van der Waals surface area contributed by atoms with Crippen LogP contribution in [0.25, 0.3) is 0 Å². The fourth-order valence-electron chi connectivity index (χ4n) is 1.44. The lowest BCUT2D eigenvalue weighted by Crippen LogP contribution is -2.06. The zero-order chi connectivity index (χ0) is 8.69. The molecule has 1 N–H and O–H groups in total. The van der Waals surface area contributed by atoms with E-state index in [-0.39, 0.29) is 6.10 Å². The molecular weight excluding hydrogens is 136 g/mol. The molecule has 0 spiro atoms. The van der Waals surface area contributed by atoms with Crippen LogP contribution in [0.15, 0.2) is 0 Å². The van der Waals surface area contributed by atoms with Crippen LogP contribution in [0, 0.1) is 5.92 Å². The van der Waals surface area contributed by atoms with Crippen LogP contribution in [0.3, 0.4) is 0 Å². The van der Waals surface area contributed by atoms with Crippen LogP contribution in [0.5, 0.6) is 0 Å². The summed E-state index contributed by atoms with van der Waals surface area (Å²) in [4.78, 5) is 0. The molecule has 0 aliphatic heterocycles. The summed E-state index contributed by atoms with van der Waals surface area (Å²) in [6.45, 7) is 6.32. The molecule has 0 aliphatic carbocycles. The van der Waals surface area contributed by atoms with Crippen LogP contribution in [-0.2, 0) is 0 Å². The van der Waals surface area contributed by atoms with Crippen LogP contribution in [0.2, 0.25) is 0 Å². The van der Waals surface area contributed by atoms with Crippen LogP contribution < -0.4 is 0 Å². The summed E-state index contributed by atoms with van der Waals surface area (Å²) >= 11 is 0. The van der Waals surface area contributed by atoms with E-state index in [4.69, 9.17) is 5.11 Å². The largest absolute Gasteiger partial charge is 0.393 e. The molecule has 68 valence electrons. The normalized spacial score (nSPS) is 16.4. The Balaban J connectivity index is 3.15. The molecule has 11 heavy (non-hydrogen) atoms. The van der Waals surface area contributed by atoms with Crippen molar-refractivity contribution in [2.75, 3.05) is 0 Å². The molecule has 0 amide bonds. The maximum Gasteiger partial charge on any atom is 0.0514 e. The van der Waals surface area contributed by atoms with Gasteiger partial charge < -0.3 is 5.11 Å². The first-order valence-electron chi connectivity index (χ1n) is 4.84. The molecule has 0 fully saturated rings. The van der Waals surface area contributed by atoms with Gasteiger partial charge in [0.15, 0.2) is 0 Å². The van der Waals surface area contributed by atoms with Gasteiger partial charge in [-0.25, -0.2) is 0 Å². The topological polar surface area (TPSA) is 20.2 Å². The molecule has 0 aromatic heterocycles. The lowest BCUT2D eigenvalue weighted by molar-refractivity contribution is 0.161. The smallest absolute Gasteiger partial charge is 0.0514 e. The molecule has 0 aliphatic rings. The predicted octanol–water partition coefficient (Wildman–Crippen LogP) is 2.97. The van der Waals surface area contributed by atoms with Crippen molar-refractivity contribution in [3.63, 3.8) is 0 Å². The number of hydrogen-bond donors (Lipinski definition) is 1. The minimum Gasteiger partial charge on any atom is -0.393 e. The van der Waals surface area contributed by atoms with E-state index in [2.05, 4.69) is 13.8 Å². The molecule has 0 aromatic carbocycles. The minimum atomic E-state index is -0.119. The number of unbranched alkanes of at least 4 members (excludes halogenated alkanes) is 2. The molecule has 0 radical (unpaired) electrons. The minimum absolute atomic E-state index is 0.119. The van der Waals surface area contributed by atoms with Gasteiger partial charge in [-0.3, -0.25) is 0 Å². The highest BCUT2D eigenvalue weighted by Crippen LogP contribution is 2.14. The van der Waals surface area contributed by atoms with Gasteiger partial charge in [0.2, 0.25) is 0 Å². The van der Waals surface area contributed by atoms with E-state index in [0.717, 1.165) is 6.42 Å². The van der Waals surface area contributed by atoms with Gasteiger partial charge in [-0.1, -0.05) is 39.5 Å². The molecule has 2 unspecified atom stereocenters. The number of hydrogen-bond acceptors (Lipinski definition) is 1. The summed E-state index contributed by atoms with van der Waals surface area (Å²) in [5, 5.41) is 9.08. The van der Waals surface area contributed by atoms with Crippen molar-refractivity contribution in [3.05, 3.63) is 0 Å². The summed E-state index contributed by atoms with van der Waals surface area (Å²) in [6, 6.07) is 0. The summed E-state index contributed by atoms with van der Waals surface area (Å²) in [5.41, 5.74) is 0. The second-order valence-corrected chi connectivity index (χ2v) is 3.69. The van der Waals surface area contributed by atoms with E-state index >= 15 is 0 Å². The third-order valence-electron chi connectivity index (χ3n) is 2.04. The highest BCUT2D eigenvalue weighted by atomic mass is 16.3. The standard InChI is InChI=1S/C10H22O/c1-4-5-6-7-9(2)8-10(3)11/h9-11H,4-8H2,1-3H3. The molecular formula is C10H22O. The fourth-order valence-corrected chi connectivity index (χ4v) is 1.44. The molecule has 0 saturated heterocycles. The number of rotatable bonds is 6. The zero-order valence-electron chi connectivity index (χ0n) is 8.14. The molecule has 0 heterocycles. The number of aliphatic hydroxyl groups is 1. The third kappa shape index (κ3) is 7.86. The summed E-state index contributed by atoms with van der Waals surface area (Å²) in [5.74, 6) is 0.696. The predicted molar refractivity (Wildman–Crippen MR) is 49.6 cm³/mol. The van der Waals surface area contributed by atoms with E-state index in [9.17, 15) is 0 Å². The van der Waals surface area contributed by atoms with Crippen LogP contribution in [-0.4, -0.2) is 11.2 Å². The van der Waals surface area contributed by atoms with Gasteiger partial charge in [-0.2, -0.15) is 0 Å². The maximum absolute atomic E-state index is 9.08. The summed E-state index contributed by atoms with van der Waals surface area (Å²) < 4.78 is 0. The molecule has 0 saturated carbocycles. The van der Waals surface area contributed by atoms with Crippen molar-refractivity contribution in [1.82, 2.24) is 0 Å². The van der Waals surface area contributed by atoms with Crippen molar-refractivity contribution in [3.8, 4) is 0 Å². The van der Waals surface area contributed by atoms with E-state index in [1.807, 2.05) is 6.92 Å². The van der Waals surface area contributed by atoms with E-state index < -0.39 is 0 Å². The molecule has 2 atom stereocenters. The molecule has 0 rings (SSSR count). The average Bonchev–Trinajstić information content (AvgIpc) is 1.86. The van der Waals surface area contributed by atoms with Crippen LogP contribution >= 0.6 is 0 Å². The Bertz CT molecular complexity index is 78.9.